The molecule has 2 atom stereocenters. The van der Waals surface area contributed by atoms with Crippen molar-refractivity contribution in [2.24, 2.45) is 11.8 Å². The molecular formula is C16H24O4S. The summed E-state index contributed by atoms with van der Waals surface area (Å²) in [5.41, 5.74) is 0.969. The number of sulfone groups is 1. The highest BCUT2D eigenvalue weighted by molar-refractivity contribution is 7.91. The van der Waals surface area contributed by atoms with E-state index in [-0.39, 0.29) is 28.8 Å². The topological polar surface area (TPSA) is 71.4 Å². The maximum Gasteiger partial charge on any atom is 0.179 e. The molecule has 0 aliphatic rings. The second kappa shape index (κ2) is 7.18. The Hall–Kier alpha value is -1.20. The van der Waals surface area contributed by atoms with Crippen molar-refractivity contribution >= 4 is 15.6 Å². The van der Waals surface area contributed by atoms with Crippen LogP contribution < -0.4 is 0 Å². The summed E-state index contributed by atoms with van der Waals surface area (Å²) in [5.74, 6) is -1.28. The first-order valence-corrected chi connectivity index (χ1v) is 8.79. The lowest BCUT2D eigenvalue weighted by Gasteiger charge is -2.19. The average Bonchev–Trinajstić information content (AvgIpc) is 2.35. The van der Waals surface area contributed by atoms with E-state index in [9.17, 15) is 18.3 Å². The highest BCUT2D eigenvalue weighted by Crippen LogP contribution is 2.20. The van der Waals surface area contributed by atoms with Crippen LogP contribution in [0.25, 0.3) is 0 Å². The third kappa shape index (κ3) is 5.25. The zero-order valence-corrected chi connectivity index (χ0v) is 13.9. The molecule has 1 aromatic carbocycles. The van der Waals surface area contributed by atoms with Gasteiger partial charge in [-0.05, 0) is 31.9 Å². The molecule has 1 N–H and O–H groups in total. The molecular weight excluding hydrogens is 288 g/mol. The summed E-state index contributed by atoms with van der Waals surface area (Å²) in [5, 5.41) is 9.76. The first-order valence-electron chi connectivity index (χ1n) is 7.13. The van der Waals surface area contributed by atoms with Crippen LogP contribution in [0.2, 0.25) is 0 Å². The van der Waals surface area contributed by atoms with Gasteiger partial charge in [-0.3, -0.25) is 4.79 Å². The summed E-state index contributed by atoms with van der Waals surface area (Å²) in [6.45, 7) is 7.13. The highest BCUT2D eigenvalue weighted by Gasteiger charge is 2.30. The third-order valence-electron chi connectivity index (χ3n) is 3.38. The van der Waals surface area contributed by atoms with Crippen LogP contribution in [-0.4, -0.2) is 31.2 Å². The molecule has 118 valence electrons. The highest BCUT2D eigenvalue weighted by atomic mass is 32.2. The molecule has 0 saturated heterocycles. The summed E-state index contributed by atoms with van der Waals surface area (Å²) in [4.78, 5) is 12.3. The Morgan fingerprint density at radius 3 is 2.10 bits per heavy atom. The monoisotopic (exact) mass is 312 g/mol. The van der Waals surface area contributed by atoms with E-state index < -0.39 is 21.9 Å². The van der Waals surface area contributed by atoms with Crippen molar-refractivity contribution in [2.75, 3.05) is 5.75 Å². The van der Waals surface area contributed by atoms with Crippen LogP contribution in [0.4, 0.5) is 0 Å². The summed E-state index contributed by atoms with van der Waals surface area (Å²) in [6, 6.07) is 6.52. The van der Waals surface area contributed by atoms with Gasteiger partial charge in [0.25, 0.3) is 0 Å². The number of hydrogen-bond donors (Lipinski definition) is 1. The van der Waals surface area contributed by atoms with Crippen LogP contribution in [0.3, 0.4) is 0 Å². The van der Waals surface area contributed by atoms with Crippen molar-refractivity contribution in [2.45, 2.75) is 45.1 Å². The minimum atomic E-state index is -3.58. The molecule has 0 fully saturated rings. The van der Waals surface area contributed by atoms with Gasteiger partial charge < -0.3 is 5.11 Å². The van der Waals surface area contributed by atoms with Crippen molar-refractivity contribution in [1.82, 2.24) is 0 Å². The van der Waals surface area contributed by atoms with Crippen LogP contribution in [0, 0.1) is 18.8 Å². The van der Waals surface area contributed by atoms with Gasteiger partial charge >= 0.3 is 0 Å². The van der Waals surface area contributed by atoms with Crippen molar-refractivity contribution in [3.05, 3.63) is 29.8 Å². The lowest BCUT2D eigenvalue weighted by atomic mass is 9.94. The molecule has 0 radical (unpaired) electrons. The predicted octanol–water partition coefficient (Wildman–Crippen LogP) is 2.38. The minimum absolute atomic E-state index is 0.140. The number of aryl methyl sites for hydroxylation is 1. The zero-order valence-electron chi connectivity index (χ0n) is 13.0. The normalized spacial score (nSPS) is 15.0. The Kier molecular flexibility index (Phi) is 6.10. The molecule has 0 amide bonds. The molecule has 0 aliphatic heterocycles. The van der Waals surface area contributed by atoms with Gasteiger partial charge in [0.2, 0.25) is 0 Å². The Morgan fingerprint density at radius 1 is 1.14 bits per heavy atom. The van der Waals surface area contributed by atoms with Gasteiger partial charge in [0, 0.05) is 6.42 Å². The largest absolute Gasteiger partial charge is 0.393 e. The third-order valence-corrected chi connectivity index (χ3v) is 5.17. The molecule has 0 saturated carbocycles. The Morgan fingerprint density at radius 2 is 1.67 bits per heavy atom. The van der Waals surface area contributed by atoms with Gasteiger partial charge in [0.05, 0.1) is 22.7 Å². The molecule has 1 rings (SSSR count). The van der Waals surface area contributed by atoms with Crippen molar-refractivity contribution < 1.29 is 18.3 Å². The molecule has 5 heteroatoms. The molecule has 1 aromatic rings. The van der Waals surface area contributed by atoms with Gasteiger partial charge in [-0.2, -0.15) is 0 Å². The molecule has 0 aromatic heterocycles. The van der Waals surface area contributed by atoms with Crippen LogP contribution in [0.5, 0.6) is 0 Å². The van der Waals surface area contributed by atoms with Crippen LogP contribution in [0.1, 0.15) is 32.8 Å². The first-order chi connectivity index (χ1) is 9.63. The lowest BCUT2D eigenvalue weighted by molar-refractivity contribution is -0.125. The number of aliphatic hydroxyl groups is 1. The number of benzene rings is 1. The smallest absolute Gasteiger partial charge is 0.179 e. The Labute approximate surface area is 127 Å². The van der Waals surface area contributed by atoms with E-state index >= 15 is 0 Å². The summed E-state index contributed by atoms with van der Waals surface area (Å²) >= 11 is 0. The fourth-order valence-corrected chi connectivity index (χ4v) is 3.81. The molecule has 0 aliphatic carbocycles. The van der Waals surface area contributed by atoms with Gasteiger partial charge in [-0.25, -0.2) is 8.42 Å². The minimum Gasteiger partial charge on any atom is -0.393 e. The maximum atomic E-state index is 12.4. The van der Waals surface area contributed by atoms with Gasteiger partial charge in [0.1, 0.15) is 5.78 Å². The van der Waals surface area contributed by atoms with Crippen molar-refractivity contribution in [1.29, 1.82) is 0 Å². The number of hydrogen-bond acceptors (Lipinski definition) is 4. The lowest BCUT2D eigenvalue weighted by Crippen LogP contribution is -2.33. The average molecular weight is 312 g/mol. The van der Waals surface area contributed by atoms with E-state index in [1.165, 1.54) is 19.1 Å². The fourth-order valence-electron chi connectivity index (χ4n) is 2.13. The molecule has 0 unspecified atom stereocenters. The van der Waals surface area contributed by atoms with Crippen LogP contribution in [-0.2, 0) is 14.6 Å². The summed E-state index contributed by atoms with van der Waals surface area (Å²) in [6.07, 6.45) is -0.699. The Balaban J connectivity index is 2.97. The molecule has 0 spiro atoms. The SMILES string of the molecule is Cc1ccc(S(=O)(=O)C[C@H](C(=O)CC(C)C)[C@H](C)O)cc1. The van der Waals surface area contributed by atoms with E-state index in [0.717, 1.165) is 5.56 Å². The molecule has 21 heavy (non-hydrogen) atoms. The van der Waals surface area contributed by atoms with Gasteiger partial charge in [0.15, 0.2) is 9.84 Å². The number of rotatable bonds is 7. The van der Waals surface area contributed by atoms with Gasteiger partial charge in [-0.15, -0.1) is 0 Å². The number of carbonyl (C=O) groups is 1. The number of carbonyl (C=O) groups excluding carboxylic acids is 1. The van der Waals surface area contributed by atoms with E-state index in [1.807, 2.05) is 20.8 Å². The van der Waals surface area contributed by atoms with Crippen molar-refractivity contribution in [3.8, 4) is 0 Å². The van der Waals surface area contributed by atoms with Crippen LogP contribution >= 0.6 is 0 Å². The zero-order chi connectivity index (χ0) is 16.2. The fraction of sp³-hybridized carbons (Fsp3) is 0.562. The predicted molar refractivity (Wildman–Crippen MR) is 82.9 cm³/mol. The van der Waals surface area contributed by atoms with Crippen molar-refractivity contribution in [3.63, 3.8) is 0 Å². The first kappa shape index (κ1) is 17.9. The number of aliphatic hydroxyl groups excluding tert-OH is 1. The second-order valence-electron chi connectivity index (χ2n) is 6.01. The number of Topliss-reactive ketones (excluding diaryl/α,β-unsaturated/α-hetero) is 1. The molecule has 0 heterocycles. The van der Waals surface area contributed by atoms with Gasteiger partial charge in [-0.1, -0.05) is 31.5 Å². The van der Waals surface area contributed by atoms with E-state index in [0.29, 0.717) is 0 Å². The van der Waals surface area contributed by atoms with E-state index in [4.69, 9.17) is 0 Å². The second-order valence-corrected chi connectivity index (χ2v) is 8.04. The standard InChI is InChI=1S/C16H24O4S/c1-11(2)9-16(18)15(13(4)17)10-21(19,20)14-7-5-12(3)6-8-14/h5-8,11,13,15,17H,9-10H2,1-4H3/t13-,15-/m0/s1. The molecule has 0 bridgehead atoms. The van der Waals surface area contributed by atoms with E-state index in [1.54, 1.807) is 12.1 Å². The Bertz CT molecular complexity index is 571. The van der Waals surface area contributed by atoms with Crippen LogP contribution in [0.15, 0.2) is 29.2 Å². The maximum absolute atomic E-state index is 12.4. The quantitative estimate of drug-likeness (QED) is 0.839. The molecule has 4 nitrogen and oxygen atoms in total. The number of ketones is 1. The summed E-state index contributed by atoms with van der Waals surface area (Å²) in [7, 11) is -3.58. The summed E-state index contributed by atoms with van der Waals surface area (Å²) < 4.78 is 24.8. The van der Waals surface area contributed by atoms with E-state index in [2.05, 4.69) is 0 Å².